The van der Waals surface area contributed by atoms with E-state index in [1.807, 2.05) is 30.3 Å². The minimum absolute atomic E-state index is 0.0424. The van der Waals surface area contributed by atoms with Crippen molar-refractivity contribution in [3.63, 3.8) is 0 Å². The van der Waals surface area contributed by atoms with Crippen molar-refractivity contribution in [2.45, 2.75) is 31.4 Å². The Morgan fingerprint density at radius 1 is 0.958 bits per heavy atom. The number of hydrogen-bond acceptors (Lipinski definition) is 3. The molecule has 0 heterocycles. The normalized spacial score (nSPS) is 13.0. The summed E-state index contributed by atoms with van der Waals surface area (Å²) >= 11 is 0. The van der Waals surface area contributed by atoms with Gasteiger partial charge in [-0.25, -0.2) is 0 Å². The molecule has 0 aliphatic rings. The van der Waals surface area contributed by atoms with Crippen molar-refractivity contribution in [1.29, 1.82) is 0 Å². The number of aliphatic hydroxyl groups excluding tert-OH is 1. The van der Waals surface area contributed by atoms with Crippen LogP contribution in [0.25, 0.3) is 0 Å². The van der Waals surface area contributed by atoms with Gasteiger partial charge in [-0.15, -0.1) is 0 Å². The monoisotopic (exact) mass is 327 g/mol. The summed E-state index contributed by atoms with van der Waals surface area (Å²) in [6.45, 7) is 0. The first-order chi connectivity index (χ1) is 11.6. The van der Waals surface area contributed by atoms with Crippen molar-refractivity contribution in [3.05, 3.63) is 71.8 Å². The van der Waals surface area contributed by atoms with Gasteiger partial charge in [0, 0.05) is 12.5 Å². The zero-order valence-electron chi connectivity index (χ0n) is 13.3. The molecule has 0 saturated carbocycles. The van der Waals surface area contributed by atoms with Crippen molar-refractivity contribution in [2.75, 3.05) is 0 Å². The molecule has 2 atom stereocenters. The topological polar surface area (TPSA) is 86.6 Å². The average molecular weight is 327 g/mol. The fraction of sp³-hybridized carbons (Fsp3) is 0.263. The van der Waals surface area contributed by atoms with E-state index in [1.54, 1.807) is 30.3 Å². The summed E-state index contributed by atoms with van der Waals surface area (Å²) in [5.74, 6) is -1.43. The first-order valence-electron chi connectivity index (χ1n) is 7.85. The van der Waals surface area contributed by atoms with Crippen molar-refractivity contribution in [1.82, 2.24) is 5.32 Å². The predicted octanol–water partition coefficient (Wildman–Crippen LogP) is 2.31. The number of benzene rings is 2. The summed E-state index contributed by atoms with van der Waals surface area (Å²) in [6.07, 6.45) is -0.493. The lowest BCUT2D eigenvalue weighted by Gasteiger charge is -2.20. The van der Waals surface area contributed by atoms with Gasteiger partial charge in [-0.3, -0.25) is 9.59 Å². The van der Waals surface area contributed by atoms with Crippen molar-refractivity contribution < 1.29 is 19.8 Å². The molecule has 0 aliphatic heterocycles. The van der Waals surface area contributed by atoms with Crippen LogP contribution in [0.15, 0.2) is 60.7 Å². The molecule has 0 fully saturated rings. The van der Waals surface area contributed by atoms with Crippen molar-refractivity contribution in [3.8, 4) is 0 Å². The maximum Gasteiger partial charge on any atom is 0.303 e. The van der Waals surface area contributed by atoms with E-state index in [9.17, 15) is 14.7 Å². The van der Waals surface area contributed by atoms with Crippen LogP contribution in [0.3, 0.4) is 0 Å². The number of carbonyl (C=O) groups excluding carboxylic acids is 1. The lowest BCUT2D eigenvalue weighted by atomic mass is 10.0. The van der Waals surface area contributed by atoms with Gasteiger partial charge in [0.1, 0.15) is 0 Å². The molecular weight excluding hydrogens is 306 g/mol. The second-order valence-corrected chi connectivity index (χ2v) is 5.64. The molecule has 126 valence electrons. The van der Waals surface area contributed by atoms with Crippen LogP contribution in [0.4, 0.5) is 0 Å². The number of carbonyl (C=O) groups is 2. The Morgan fingerprint density at radius 3 is 2.12 bits per heavy atom. The molecule has 0 spiro atoms. The van der Waals surface area contributed by atoms with Crippen LogP contribution in [0, 0.1) is 0 Å². The third kappa shape index (κ3) is 5.52. The number of rotatable bonds is 8. The standard InChI is InChI=1S/C19H21NO4/c21-17(22)12-11-16(13-14-7-3-1-4-8-14)20-19(24)18(23)15-9-5-2-6-10-15/h1-10,16,18,23H,11-13H2,(H,20,24)(H,21,22)/t16?,18-/m1/s1. The summed E-state index contributed by atoms with van der Waals surface area (Å²) in [5.41, 5.74) is 1.51. The highest BCUT2D eigenvalue weighted by Crippen LogP contribution is 2.14. The van der Waals surface area contributed by atoms with E-state index in [-0.39, 0.29) is 12.5 Å². The third-order valence-corrected chi connectivity index (χ3v) is 3.74. The SMILES string of the molecule is O=C(O)CCC(Cc1ccccc1)NC(=O)[C@H](O)c1ccccc1. The second kappa shape index (κ2) is 8.84. The van der Waals surface area contributed by atoms with E-state index >= 15 is 0 Å². The predicted molar refractivity (Wildman–Crippen MR) is 90.3 cm³/mol. The lowest BCUT2D eigenvalue weighted by Crippen LogP contribution is -2.39. The minimum atomic E-state index is -1.27. The molecule has 3 N–H and O–H groups in total. The molecule has 1 unspecified atom stereocenters. The molecule has 0 saturated heterocycles. The number of carboxylic acid groups (broad SMARTS) is 1. The Bertz CT molecular complexity index is 658. The molecule has 0 bridgehead atoms. The average Bonchev–Trinajstić information content (AvgIpc) is 2.60. The van der Waals surface area contributed by atoms with Gasteiger partial charge in [0.2, 0.25) is 0 Å². The molecular formula is C19H21NO4. The number of aliphatic hydroxyl groups is 1. The van der Waals surface area contributed by atoms with E-state index in [1.165, 1.54) is 0 Å². The van der Waals surface area contributed by atoms with Gasteiger partial charge in [0.05, 0.1) is 0 Å². The highest BCUT2D eigenvalue weighted by molar-refractivity contribution is 5.82. The Labute approximate surface area is 141 Å². The first-order valence-corrected chi connectivity index (χ1v) is 7.85. The number of nitrogens with one attached hydrogen (secondary N) is 1. The maximum atomic E-state index is 12.3. The van der Waals surface area contributed by atoms with Crippen molar-refractivity contribution >= 4 is 11.9 Å². The van der Waals surface area contributed by atoms with Crippen LogP contribution in [-0.2, 0) is 16.0 Å². The van der Waals surface area contributed by atoms with Gasteiger partial charge in [-0.1, -0.05) is 60.7 Å². The smallest absolute Gasteiger partial charge is 0.303 e. The fourth-order valence-electron chi connectivity index (χ4n) is 2.49. The third-order valence-electron chi connectivity index (χ3n) is 3.74. The number of carboxylic acids is 1. The summed E-state index contributed by atoms with van der Waals surface area (Å²) < 4.78 is 0. The number of hydrogen-bond donors (Lipinski definition) is 3. The summed E-state index contributed by atoms with van der Waals surface area (Å²) in [5, 5.41) is 21.8. The fourth-order valence-corrected chi connectivity index (χ4v) is 2.49. The van der Waals surface area contributed by atoms with Crippen LogP contribution in [0.5, 0.6) is 0 Å². The second-order valence-electron chi connectivity index (χ2n) is 5.64. The van der Waals surface area contributed by atoms with Crippen molar-refractivity contribution in [2.24, 2.45) is 0 Å². The largest absolute Gasteiger partial charge is 0.481 e. The number of amides is 1. The summed E-state index contributed by atoms with van der Waals surface area (Å²) in [6, 6.07) is 17.8. The van der Waals surface area contributed by atoms with Crippen LogP contribution in [0.1, 0.15) is 30.1 Å². The van der Waals surface area contributed by atoms with Gasteiger partial charge in [0.25, 0.3) is 5.91 Å². The van der Waals surface area contributed by atoms with Crippen LogP contribution in [0.2, 0.25) is 0 Å². The highest BCUT2D eigenvalue weighted by Gasteiger charge is 2.21. The molecule has 5 nitrogen and oxygen atoms in total. The van der Waals surface area contributed by atoms with Gasteiger partial charge in [0.15, 0.2) is 6.10 Å². The Balaban J connectivity index is 2.03. The van der Waals surface area contributed by atoms with E-state index in [0.29, 0.717) is 18.4 Å². The van der Waals surface area contributed by atoms with Crippen LogP contribution >= 0.6 is 0 Å². The Hall–Kier alpha value is -2.66. The highest BCUT2D eigenvalue weighted by atomic mass is 16.4. The van der Waals surface area contributed by atoms with Gasteiger partial charge < -0.3 is 15.5 Å². The maximum absolute atomic E-state index is 12.3. The van der Waals surface area contributed by atoms with Gasteiger partial charge in [-0.05, 0) is 24.0 Å². The quantitative estimate of drug-likeness (QED) is 0.694. The Kier molecular flexibility index (Phi) is 6.51. The van der Waals surface area contributed by atoms with E-state index in [4.69, 9.17) is 5.11 Å². The molecule has 2 aromatic carbocycles. The molecule has 0 aromatic heterocycles. The molecule has 5 heteroatoms. The van der Waals surface area contributed by atoms with E-state index < -0.39 is 18.0 Å². The zero-order valence-corrected chi connectivity index (χ0v) is 13.3. The van der Waals surface area contributed by atoms with Crippen LogP contribution in [-0.4, -0.2) is 28.1 Å². The van der Waals surface area contributed by atoms with E-state index in [0.717, 1.165) is 5.56 Å². The lowest BCUT2D eigenvalue weighted by molar-refractivity contribution is -0.137. The molecule has 0 radical (unpaired) electrons. The minimum Gasteiger partial charge on any atom is -0.481 e. The molecule has 24 heavy (non-hydrogen) atoms. The van der Waals surface area contributed by atoms with E-state index in [2.05, 4.69) is 5.32 Å². The first kappa shape index (κ1) is 17.7. The zero-order chi connectivity index (χ0) is 17.4. The molecule has 2 aromatic rings. The van der Waals surface area contributed by atoms with Gasteiger partial charge in [-0.2, -0.15) is 0 Å². The molecule has 1 amide bonds. The Morgan fingerprint density at radius 2 is 1.54 bits per heavy atom. The van der Waals surface area contributed by atoms with Gasteiger partial charge >= 0.3 is 5.97 Å². The molecule has 0 aliphatic carbocycles. The van der Waals surface area contributed by atoms with Crippen LogP contribution < -0.4 is 5.32 Å². The molecule has 2 rings (SSSR count). The number of aliphatic carboxylic acids is 1. The summed E-state index contributed by atoms with van der Waals surface area (Å²) in [4.78, 5) is 23.1. The summed E-state index contributed by atoms with van der Waals surface area (Å²) in [7, 11) is 0.